The maximum absolute atomic E-state index is 9.96. The molecular formula is C17H16N4O3. The van der Waals surface area contributed by atoms with Crippen LogP contribution in [0.25, 0.3) is 0 Å². The molecule has 1 saturated carbocycles. The summed E-state index contributed by atoms with van der Waals surface area (Å²) >= 11 is 0. The molecule has 0 bridgehead atoms. The lowest BCUT2D eigenvalue weighted by Gasteiger charge is -2.25. The minimum absolute atomic E-state index is 0.104. The van der Waals surface area contributed by atoms with Gasteiger partial charge in [-0.25, -0.2) is 4.99 Å². The van der Waals surface area contributed by atoms with Crippen molar-refractivity contribution in [1.82, 2.24) is 0 Å². The molecule has 1 spiro atoms. The molecule has 1 aliphatic carbocycles. The van der Waals surface area contributed by atoms with Crippen LogP contribution in [-0.4, -0.2) is 31.6 Å². The largest absolute Gasteiger partial charge is 0.494 e. The topological polar surface area (TPSA) is 114 Å². The zero-order valence-electron chi connectivity index (χ0n) is 13.2. The van der Waals surface area contributed by atoms with Gasteiger partial charge in [0.05, 0.1) is 32.0 Å². The first kappa shape index (κ1) is 14.9. The first-order valence-electron chi connectivity index (χ1n) is 7.81. The van der Waals surface area contributed by atoms with E-state index < -0.39 is 22.7 Å². The summed E-state index contributed by atoms with van der Waals surface area (Å²) in [6, 6.07) is 11.8. The zero-order valence-corrected chi connectivity index (χ0v) is 13.2. The average Bonchev–Trinajstić information content (AvgIpc) is 2.84. The van der Waals surface area contributed by atoms with E-state index in [0.717, 1.165) is 11.3 Å². The molecule has 3 atom stereocenters. The molecule has 1 aromatic carbocycles. The second-order valence-corrected chi connectivity index (χ2v) is 6.05. The smallest absolute Gasteiger partial charge is 0.293 e. The number of nitriles is 2. The Bertz CT molecular complexity index is 801. The van der Waals surface area contributed by atoms with Crippen LogP contribution >= 0.6 is 0 Å². The fourth-order valence-electron chi connectivity index (χ4n) is 4.14. The molecule has 1 aromatic rings. The maximum Gasteiger partial charge on any atom is 0.293 e. The third-order valence-corrected chi connectivity index (χ3v) is 5.13. The number of fused-ring (bicyclic) bond motifs is 2. The summed E-state index contributed by atoms with van der Waals surface area (Å²) in [5.41, 5.74) is 4.41. The van der Waals surface area contributed by atoms with E-state index in [2.05, 4.69) is 17.1 Å². The molecule has 4 rings (SSSR count). The van der Waals surface area contributed by atoms with E-state index in [-0.39, 0.29) is 5.84 Å². The van der Waals surface area contributed by atoms with Crippen molar-refractivity contribution in [2.24, 2.45) is 21.6 Å². The highest BCUT2D eigenvalue weighted by atomic mass is 16.8. The number of hydrogen-bond donors (Lipinski definition) is 1. The highest BCUT2D eigenvalue weighted by Gasteiger charge is 2.94. The Hall–Kier alpha value is -2.61. The van der Waals surface area contributed by atoms with Gasteiger partial charge in [0.2, 0.25) is 0 Å². The molecule has 2 fully saturated rings. The summed E-state index contributed by atoms with van der Waals surface area (Å²) in [6.07, 6.45) is 0. The molecule has 3 aliphatic rings. The van der Waals surface area contributed by atoms with Crippen LogP contribution < -0.4 is 10.5 Å². The van der Waals surface area contributed by atoms with Gasteiger partial charge in [0.15, 0.2) is 5.41 Å². The summed E-state index contributed by atoms with van der Waals surface area (Å²) in [7, 11) is 0. The molecule has 0 aromatic heterocycles. The molecule has 2 heterocycles. The van der Waals surface area contributed by atoms with Gasteiger partial charge in [0, 0.05) is 5.92 Å². The summed E-state index contributed by atoms with van der Waals surface area (Å²) in [5.74, 6) is -1.10. The van der Waals surface area contributed by atoms with Crippen LogP contribution in [0.15, 0.2) is 29.3 Å². The maximum atomic E-state index is 9.96. The number of ether oxygens (including phenoxy) is 3. The molecular weight excluding hydrogens is 308 g/mol. The van der Waals surface area contributed by atoms with Gasteiger partial charge in [-0.1, -0.05) is 12.1 Å². The van der Waals surface area contributed by atoms with E-state index in [0.29, 0.717) is 19.8 Å². The van der Waals surface area contributed by atoms with Crippen LogP contribution in [0, 0.1) is 33.5 Å². The minimum Gasteiger partial charge on any atom is -0.494 e. The average molecular weight is 324 g/mol. The van der Waals surface area contributed by atoms with E-state index in [1.807, 2.05) is 31.2 Å². The summed E-state index contributed by atoms with van der Waals surface area (Å²) in [5, 5.41) is 19.8. The molecule has 7 heteroatoms. The lowest BCUT2D eigenvalue weighted by Crippen LogP contribution is -2.38. The number of rotatable bonds is 3. The molecule has 24 heavy (non-hydrogen) atoms. The van der Waals surface area contributed by atoms with Crippen LogP contribution in [0.2, 0.25) is 0 Å². The van der Waals surface area contributed by atoms with Crippen molar-refractivity contribution in [1.29, 1.82) is 10.5 Å². The van der Waals surface area contributed by atoms with E-state index >= 15 is 0 Å². The van der Waals surface area contributed by atoms with E-state index in [9.17, 15) is 10.5 Å². The first-order chi connectivity index (χ1) is 11.6. The Balaban J connectivity index is 1.82. The van der Waals surface area contributed by atoms with Gasteiger partial charge in [-0.05, 0) is 24.6 Å². The number of nitrogens with two attached hydrogens (primary N) is 1. The highest BCUT2D eigenvalue weighted by Crippen LogP contribution is 2.82. The number of benzene rings is 1. The van der Waals surface area contributed by atoms with Gasteiger partial charge >= 0.3 is 0 Å². The molecule has 0 amide bonds. The predicted octanol–water partition coefficient (Wildman–Crippen LogP) is 1.27. The molecule has 2 N–H and O–H groups in total. The fraction of sp³-hybridized carbons (Fsp3) is 0.471. The van der Waals surface area contributed by atoms with Crippen molar-refractivity contribution in [2.75, 3.05) is 19.8 Å². The Labute approximate surface area is 139 Å². The third-order valence-electron chi connectivity index (χ3n) is 5.13. The van der Waals surface area contributed by atoms with Gasteiger partial charge in [0.1, 0.15) is 17.0 Å². The van der Waals surface area contributed by atoms with Gasteiger partial charge in [-0.3, -0.25) is 0 Å². The second kappa shape index (κ2) is 4.70. The van der Waals surface area contributed by atoms with Gasteiger partial charge < -0.3 is 19.9 Å². The Morgan fingerprint density at radius 2 is 1.92 bits per heavy atom. The monoisotopic (exact) mass is 324 g/mol. The SMILES string of the molecule is CCOc1ccc([C@H]2[C@@]3(C#N)C4(N=C(N)[C@]23C#N)OCCO4)cc1. The van der Waals surface area contributed by atoms with Crippen molar-refractivity contribution in [3.63, 3.8) is 0 Å². The van der Waals surface area contributed by atoms with Gasteiger partial charge in [0.25, 0.3) is 5.91 Å². The zero-order chi connectivity index (χ0) is 17.0. The van der Waals surface area contributed by atoms with Crippen LogP contribution in [0.4, 0.5) is 0 Å². The van der Waals surface area contributed by atoms with Gasteiger partial charge in [-0.2, -0.15) is 10.5 Å². The lowest BCUT2D eigenvalue weighted by molar-refractivity contribution is -0.184. The van der Waals surface area contributed by atoms with Crippen LogP contribution in [0.1, 0.15) is 18.4 Å². The minimum atomic E-state index is -1.48. The molecule has 122 valence electrons. The molecule has 0 unspecified atom stereocenters. The normalized spacial score (nSPS) is 35.0. The molecule has 2 aliphatic heterocycles. The Kier molecular flexibility index (Phi) is 2.93. The van der Waals surface area contributed by atoms with Crippen molar-refractivity contribution in [2.45, 2.75) is 18.8 Å². The molecule has 0 radical (unpaired) electrons. The van der Waals surface area contributed by atoms with Crippen LogP contribution in [0.5, 0.6) is 5.75 Å². The predicted molar refractivity (Wildman–Crippen MR) is 82.7 cm³/mol. The van der Waals surface area contributed by atoms with Crippen molar-refractivity contribution in [3.8, 4) is 17.9 Å². The summed E-state index contributed by atoms with van der Waals surface area (Å²) in [6.45, 7) is 3.11. The summed E-state index contributed by atoms with van der Waals surface area (Å²) < 4.78 is 16.8. The lowest BCUT2D eigenvalue weighted by atomic mass is 9.94. The first-order valence-corrected chi connectivity index (χ1v) is 7.81. The Morgan fingerprint density at radius 1 is 1.25 bits per heavy atom. The third kappa shape index (κ3) is 1.40. The van der Waals surface area contributed by atoms with E-state index in [1.165, 1.54) is 0 Å². The Morgan fingerprint density at radius 3 is 2.46 bits per heavy atom. The van der Waals surface area contributed by atoms with Crippen molar-refractivity contribution < 1.29 is 14.2 Å². The number of nitrogens with zero attached hydrogens (tertiary/aromatic N) is 3. The standard InChI is InChI=1S/C17H16N4O3/c1-2-22-12-5-3-11(4-6-12)13-15(9-18)14(20)21-17(16(13,15)10-19)23-7-8-24-17/h3-6,13H,2,7-8H2,1H3,(H2,20,21)/t13-,15+,16-/m1/s1. The number of hydrogen-bond acceptors (Lipinski definition) is 7. The van der Waals surface area contributed by atoms with Crippen LogP contribution in [-0.2, 0) is 9.47 Å². The molecule has 1 saturated heterocycles. The number of amidine groups is 1. The van der Waals surface area contributed by atoms with Crippen molar-refractivity contribution >= 4 is 5.84 Å². The summed E-state index contributed by atoms with van der Waals surface area (Å²) in [4.78, 5) is 4.24. The second-order valence-electron chi connectivity index (χ2n) is 6.05. The molecule has 7 nitrogen and oxygen atoms in total. The van der Waals surface area contributed by atoms with Crippen molar-refractivity contribution in [3.05, 3.63) is 29.8 Å². The van der Waals surface area contributed by atoms with E-state index in [4.69, 9.17) is 19.9 Å². The van der Waals surface area contributed by atoms with E-state index in [1.54, 1.807) is 0 Å². The number of aliphatic imine (C=N–C) groups is 1. The highest BCUT2D eigenvalue weighted by molar-refractivity contribution is 6.00. The van der Waals surface area contributed by atoms with Crippen LogP contribution in [0.3, 0.4) is 0 Å². The fourth-order valence-corrected chi connectivity index (χ4v) is 4.14. The quantitative estimate of drug-likeness (QED) is 0.895. The van der Waals surface area contributed by atoms with Gasteiger partial charge in [-0.15, -0.1) is 0 Å².